The van der Waals surface area contributed by atoms with E-state index in [-0.39, 0.29) is 17.7 Å². The fourth-order valence-electron chi connectivity index (χ4n) is 4.37. The molecule has 1 aliphatic rings. The van der Waals surface area contributed by atoms with Crippen LogP contribution in [0.25, 0.3) is 0 Å². The predicted octanol–water partition coefficient (Wildman–Crippen LogP) is 6.66. The van der Waals surface area contributed by atoms with Gasteiger partial charge in [0.05, 0.1) is 12.7 Å². The molecule has 0 amide bonds. The summed E-state index contributed by atoms with van der Waals surface area (Å²) in [6.45, 7) is 11.4. The maximum Gasteiger partial charge on any atom is 0.193 e. The van der Waals surface area contributed by atoms with Crippen LogP contribution in [0, 0.1) is 0 Å². The van der Waals surface area contributed by atoms with Gasteiger partial charge in [0.2, 0.25) is 0 Å². The van der Waals surface area contributed by atoms with Crippen LogP contribution in [0.5, 0.6) is 0 Å². The van der Waals surface area contributed by atoms with Crippen molar-refractivity contribution in [2.45, 2.75) is 63.0 Å². The van der Waals surface area contributed by atoms with Crippen LogP contribution in [0.4, 0.5) is 0 Å². The summed E-state index contributed by atoms with van der Waals surface area (Å²) < 4.78 is 19.7. The Morgan fingerprint density at radius 3 is 1.61 bits per heavy atom. The molecule has 0 aliphatic carbocycles. The van der Waals surface area contributed by atoms with Crippen LogP contribution < -0.4 is 0 Å². The molecule has 1 aliphatic heterocycles. The van der Waals surface area contributed by atoms with Crippen molar-refractivity contribution in [3.63, 3.8) is 0 Å². The zero-order chi connectivity index (χ0) is 25.8. The molecule has 4 nitrogen and oxygen atoms in total. The molecule has 5 heteroatoms. The molecule has 0 saturated heterocycles. The smallest absolute Gasteiger partial charge is 0.193 e. The molecule has 0 radical (unpaired) electrons. The van der Waals surface area contributed by atoms with Crippen molar-refractivity contribution < 1.29 is 19.0 Å². The van der Waals surface area contributed by atoms with E-state index in [4.69, 9.17) is 13.9 Å². The Balaban J connectivity index is 1.74. The molecule has 3 aromatic rings. The average molecular weight is 503 g/mol. The summed E-state index contributed by atoms with van der Waals surface area (Å²) in [5.74, 6) is 0. The largest absolute Gasteiger partial charge is 0.408 e. The van der Waals surface area contributed by atoms with Gasteiger partial charge in [-0.1, -0.05) is 118 Å². The number of aliphatic hydroxyl groups is 1. The van der Waals surface area contributed by atoms with Crippen LogP contribution in [0.2, 0.25) is 18.1 Å². The van der Waals surface area contributed by atoms with Crippen molar-refractivity contribution in [1.29, 1.82) is 0 Å². The molecule has 4 rings (SSSR count). The number of benzene rings is 3. The lowest BCUT2D eigenvalue weighted by molar-refractivity contribution is -0.170. The Kier molecular flexibility index (Phi) is 7.98. The molecule has 36 heavy (non-hydrogen) atoms. The number of hydrogen-bond acceptors (Lipinski definition) is 4. The summed E-state index contributed by atoms with van der Waals surface area (Å²) in [6.07, 6.45) is 1.83. The molecule has 3 atom stereocenters. The van der Waals surface area contributed by atoms with Crippen molar-refractivity contribution in [3.8, 4) is 0 Å². The fraction of sp³-hybridized carbons (Fsp3) is 0.355. The average Bonchev–Trinajstić information content (AvgIpc) is 2.87. The molecular formula is C31H38O4Si. The van der Waals surface area contributed by atoms with E-state index in [1.807, 2.05) is 60.7 Å². The molecule has 0 aromatic heterocycles. The standard InChI is InChI=1S/C31H38O4Si/c1-30(2,3)36(4,5)35-27-21-22-29(32)34-28(27)23-33-31(24-15-9-6-10-16-24,25-17-11-7-12-18-25)26-19-13-8-14-20-26/h6-22,27-29,32H,23H2,1-5H3/t27-,28-,29?/m1/s1. The van der Waals surface area contributed by atoms with Gasteiger partial charge in [-0.3, -0.25) is 0 Å². The molecule has 1 N–H and O–H groups in total. The lowest BCUT2D eigenvalue weighted by atomic mass is 9.80. The minimum absolute atomic E-state index is 0.0458. The highest BCUT2D eigenvalue weighted by molar-refractivity contribution is 6.74. The van der Waals surface area contributed by atoms with E-state index in [0.717, 1.165) is 16.7 Å². The second-order valence-electron chi connectivity index (χ2n) is 10.9. The van der Waals surface area contributed by atoms with Crippen molar-refractivity contribution in [3.05, 3.63) is 120 Å². The SMILES string of the molecule is CC(C)(C)[Si](C)(C)O[C@@H]1C=CC(O)O[C@@H]1COC(c1ccccc1)(c1ccccc1)c1ccccc1. The zero-order valence-electron chi connectivity index (χ0n) is 21.9. The maximum atomic E-state index is 10.3. The minimum Gasteiger partial charge on any atom is -0.408 e. The van der Waals surface area contributed by atoms with Crippen LogP contribution in [0.15, 0.2) is 103 Å². The van der Waals surface area contributed by atoms with Crippen molar-refractivity contribution in [2.75, 3.05) is 6.61 Å². The summed E-state index contributed by atoms with van der Waals surface area (Å²) in [6, 6.07) is 30.8. The highest BCUT2D eigenvalue weighted by atomic mass is 28.4. The molecule has 0 bridgehead atoms. The third kappa shape index (κ3) is 5.56. The highest BCUT2D eigenvalue weighted by Crippen LogP contribution is 2.42. The molecule has 3 aromatic carbocycles. The molecule has 0 fully saturated rings. The zero-order valence-corrected chi connectivity index (χ0v) is 22.9. The van der Waals surface area contributed by atoms with Crippen LogP contribution in [-0.2, 0) is 19.5 Å². The Morgan fingerprint density at radius 1 is 0.750 bits per heavy atom. The summed E-state index contributed by atoms with van der Waals surface area (Å²) >= 11 is 0. The highest BCUT2D eigenvalue weighted by Gasteiger charge is 2.43. The van der Waals surface area contributed by atoms with Gasteiger partial charge in [-0.05, 0) is 40.9 Å². The van der Waals surface area contributed by atoms with Gasteiger partial charge in [0.25, 0.3) is 0 Å². The Labute approximate surface area is 216 Å². The summed E-state index contributed by atoms with van der Waals surface area (Å²) in [5.41, 5.74) is 2.21. The summed E-state index contributed by atoms with van der Waals surface area (Å²) in [5, 5.41) is 10.4. The van der Waals surface area contributed by atoms with Crippen LogP contribution in [-0.4, -0.2) is 38.5 Å². The van der Waals surface area contributed by atoms with Gasteiger partial charge in [0.15, 0.2) is 14.6 Å². The lowest BCUT2D eigenvalue weighted by Gasteiger charge is -2.43. The van der Waals surface area contributed by atoms with Gasteiger partial charge in [-0.25, -0.2) is 0 Å². The lowest BCUT2D eigenvalue weighted by Crippen LogP contribution is -2.50. The minimum atomic E-state index is -2.09. The molecule has 1 heterocycles. The van der Waals surface area contributed by atoms with Gasteiger partial charge < -0.3 is 19.0 Å². The molecule has 1 unspecified atom stereocenters. The van der Waals surface area contributed by atoms with E-state index in [1.54, 1.807) is 6.08 Å². The Hall–Kier alpha value is -2.54. The monoisotopic (exact) mass is 502 g/mol. The Morgan fingerprint density at radius 2 is 1.19 bits per heavy atom. The van der Waals surface area contributed by atoms with Gasteiger partial charge in [-0.15, -0.1) is 0 Å². The van der Waals surface area contributed by atoms with E-state index in [0.29, 0.717) is 0 Å². The van der Waals surface area contributed by atoms with E-state index >= 15 is 0 Å². The Bertz CT molecular complexity index is 1030. The number of hydrogen-bond donors (Lipinski definition) is 1. The van der Waals surface area contributed by atoms with Crippen LogP contribution in [0.3, 0.4) is 0 Å². The quantitative estimate of drug-likeness (QED) is 0.213. The fourth-order valence-corrected chi connectivity index (χ4v) is 5.64. The number of ether oxygens (including phenoxy) is 2. The van der Waals surface area contributed by atoms with Crippen LogP contribution in [0.1, 0.15) is 37.5 Å². The predicted molar refractivity (Wildman–Crippen MR) is 147 cm³/mol. The van der Waals surface area contributed by atoms with Crippen LogP contribution >= 0.6 is 0 Å². The summed E-state index contributed by atoms with van der Waals surface area (Å²) in [7, 11) is -2.09. The third-order valence-corrected chi connectivity index (χ3v) is 11.9. The van der Waals surface area contributed by atoms with E-state index in [2.05, 4.69) is 70.3 Å². The van der Waals surface area contributed by atoms with E-state index in [9.17, 15) is 5.11 Å². The third-order valence-electron chi connectivity index (χ3n) is 7.39. The van der Waals surface area contributed by atoms with Crippen molar-refractivity contribution >= 4 is 8.32 Å². The molecule has 190 valence electrons. The number of rotatable bonds is 8. The summed E-state index contributed by atoms with van der Waals surface area (Å²) in [4.78, 5) is 0. The first kappa shape index (κ1) is 26.5. The number of aliphatic hydroxyl groups excluding tert-OH is 1. The second-order valence-corrected chi connectivity index (χ2v) is 15.6. The van der Waals surface area contributed by atoms with Crippen molar-refractivity contribution in [1.82, 2.24) is 0 Å². The van der Waals surface area contributed by atoms with Gasteiger partial charge in [-0.2, -0.15) is 0 Å². The molecule has 0 spiro atoms. The second kappa shape index (κ2) is 10.8. The topological polar surface area (TPSA) is 47.9 Å². The first-order valence-corrected chi connectivity index (χ1v) is 15.5. The first-order valence-electron chi connectivity index (χ1n) is 12.6. The maximum absolute atomic E-state index is 10.3. The van der Waals surface area contributed by atoms with Gasteiger partial charge in [0.1, 0.15) is 11.7 Å². The molecule has 0 saturated carbocycles. The van der Waals surface area contributed by atoms with E-state index < -0.39 is 26.3 Å². The van der Waals surface area contributed by atoms with E-state index in [1.165, 1.54) is 0 Å². The first-order chi connectivity index (χ1) is 17.1. The van der Waals surface area contributed by atoms with Gasteiger partial charge >= 0.3 is 0 Å². The molecular weight excluding hydrogens is 464 g/mol. The normalized spacial score (nSPS) is 20.9. The van der Waals surface area contributed by atoms with Gasteiger partial charge in [0, 0.05) is 0 Å². The van der Waals surface area contributed by atoms with Crippen molar-refractivity contribution in [2.24, 2.45) is 0 Å².